The summed E-state index contributed by atoms with van der Waals surface area (Å²) in [5.74, 6) is 0.729. The number of hydrogen-bond donors (Lipinski definition) is 0. The van der Waals surface area contributed by atoms with E-state index in [-0.39, 0.29) is 11.2 Å². The minimum Gasteiger partial charge on any atom is -0.469 e. The summed E-state index contributed by atoms with van der Waals surface area (Å²) in [4.78, 5) is 0. The molecule has 1 atom stereocenters. The zero-order valence-corrected chi connectivity index (χ0v) is 10.2. The van der Waals surface area contributed by atoms with Crippen molar-refractivity contribution in [2.24, 2.45) is 0 Å². The Kier molecular flexibility index (Phi) is 4.21. The average molecular weight is 253 g/mol. The van der Waals surface area contributed by atoms with Gasteiger partial charge in [0.1, 0.15) is 11.6 Å². The van der Waals surface area contributed by atoms with Crippen molar-refractivity contribution in [1.82, 2.24) is 0 Å². The smallest absolute Gasteiger partial charge is 0.123 e. The first-order chi connectivity index (χ1) is 8.24. The van der Waals surface area contributed by atoms with Gasteiger partial charge in [0.15, 0.2) is 0 Å². The highest BCUT2D eigenvalue weighted by molar-refractivity contribution is 6.20. The highest BCUT2D eigenvalue weighted by Crippen LogP contribution is 2.15. The fourth-order valence-electron chi connectivity index (χ4n) is 1.78. The summed E-state index contributed by atoms with van der Waals surface area (Å²) in [5, 5.41) is 0.00176. The molecule has 0 spiro atoms. The van der Waals surface area contributed by atoms with Gasteiger partial charge in [-0.05, 0) is 42.7 Å². The van der Waals surface area contributed by atoms with Crippen LogP contribution in [0.1, 0.15) is 17.7 Å². The molecule has 1 aromatic carbocycles. The molecule has 1 nitrogen and oxygen atoms in total. The Balaban J connectivity index is 1.83. The van der Waals surface area contributed by atoms with E-state index in [9.17, 15) is 4.39 Å². The molecule has 0 N–H and O–H groups in total. The van der Waals surface area contributed by atoms with Crippen LogP contribution in [0, 0.1) is 5.82 Å². The van der Waals surface area contributed by atoms with Crippen LogP contribution in [-0.4, -0.2) is 5.38 Å². The molecule has 0 saturated heterocycles. The zero-order valence-electron chi connectivity index (χ0n) is 9.40. The van der Waals surface area contributed by atoms with Crippen molar-refractivity contribution in [1.29, 1.82) is 0 Å². The Labute approximate surface area is 105 Å². The number of halogens is 2. The lowest BCUT2D eigenvalue weighted by Gasteiger charge is -2.08. The fraction of sp³-hybridized carbons (Fsp3) is 0.286. The molecule has 17 heavy (non-hydrogen) atoms. The van der Waals surface area contributed by atoms with Gasteiger partial charge in [-0.15, -0.1) is 11.6 Å². The predicted molar refractivity (Wildman–Crippen MR) is 66.8 cm³/mol. The van der Waals surface area contributed by atoms with Gasteiger partial charge in [0.2, 0.25) is 0 Å². The fourth-order valence-corrected chi connectivity index (χ4v) is 2.06. The van der Waals surface area contributed by atoms with Crippen LogP contribution in [0.3, 0.4) is 0 Å². The largest absolute Gasteiger partial charge is 0.469 e. The van der Waals surface area contributed by atoms with Crippen LogP contribution in [0.5, 0.6) is 0 Å². The second-order valence-corrected chi connectivity index (χ2v) is 4.67. The molecule has 0 radical (unpaired) electrons. The lowest BCUT2D eigenvalue weighted by molar-refractivity contribution is 0.498. The number of alkyl halides is 1. The minimum absolute atomic E-state index is 0.00176. The maximum atomic E-state index is 13.0. The van der Waals surface area contributed by atoms with Gasteiger partial charge in [-0.3, -0.25) is 0 Å². The molecule has 3 heteroatoms. The molecule has 1 heterocycles. The van der Waals surface area contributed by atoms with E-state index in [4.69, 9.17) is 16.0 Å². The monoisotopic (exact) mass is 252 g/mol. The lowest BCUT2D eigenvalue weighted by Crippen LogP contribution is -2.05. The Hall–Kier alpha value is -1.28. The molecule has 2 aromatic rings. The van der Waals surface area contributed by atoms with Crippen molar-refractivity contribution in [3.05, 3.63) is 59.8 Å². The van der Waals surface area contributed by atoms with Crippen molar-refractivity contribution >= 4 is 11.6 Å². The number of rotatable bonds is 5. The van der Waals surface area contributed by atoms with Crippen molar-refractivity contribution < 1.29 is 8.81 Å². The molecule has 0 aliphatic heterocycles. The summed E-state index contributed by atoms with van der Waals surface area (Å²) in [6.45, 7) is 0. The Morgan fingerprint density at radius 3 is 2.82 bits per heavy atom. The van der Waals surface area contributed by atoms with Gasteiger partial charge >= 0.3 is 0 Å². The predicted octanol–water partition coefficient (Wildman–Crippen LogP) is 4.20. The van der Waals surface area contributed by atoms with E-state index in [0.29, 0.717) is 6.42 Å². The quantitative estimate of drug-likeness (QED) is 0.727. The number of hydrogen-bond acceptors (Lipinski definition) is 1. The maximum absolute atomic E-state index is 13.0. The first-order valence-electron chi connectivity index (χ1n) is 5.65. The van der Waals surface area contributed by atoms with Crippen LogP contribution < -0.4 is 0 Å². The van der Waals surface area contributed by atoms with Crippen molar-refractivity contribution in [2.75, 3.05) is 0 Å². The third-order valence-electron chi connectivity index (χ3n) is 2.63. The first-order valence-corrected chi connectivity index (χ1v) is 6.08. The van der Waals surface area contributed by atoms with E-state index in [1.165, 1.54) is 12.1 Å². The van der Waals surface area contributed by atoms with Crippen LogP contribution in [0.15, 0.2) is 47.1 Å². The van der Waals surface area contributed by atoms with Crippen LogP contribution in [0.25, 0.3) is 0 Å². The van der Waals surface area contributed by atoms with E-state index in [2.05, 4.69) is 0 Å². The minimum atomic E-state index is -0.211. The van der Waals surface area contributed by atoms with Crippen molar-refractivity contribution in [2.45, 2.75) is 24.6 Å². The summed E-state index contributed by atoms with van der Waals surface area (Å²) in [5.41, 5.74) is 0.935. The van der Waals surface area contributed by atoms with Crippen LogP contribution >= 0.6 is 11.6 Å². The van der Waals surface area contributed by atoms with E-state index >= 15 is 0 Å². The van der Waals surface area contributed by atoms with Crippen LogP contribution in [0.2, 0.25) is 0 Å². The maximum Gasteiger partial charge on any atom is 0.123 e. The summed E-state index contributed by atoms with van der Waals surface area (Å²) >= 11 is 6.22. The Morgan fingerprint density at radius 2 is 2.12 bits per heavy atom. The first kappa shape index (κ1) is 12.2. The molecule has 0 aliphatic carbocycles. The summed E-state index contributed by atoms with van der Waals surface area (Å²) in [7, 11) is 0. The van der Waals surface area contributed by atoms with Gasteiger partial charge in [-0.2, -0.15) is 0 Å². The van der Waals surface area contributed by atoms with Crippen LogP contribution in [0.4, 0.5) is 4.39 Å². The van der Waals surface area contributed by atoms with E-state index < -0.39 is 0 Å². The molecule has 0 amide bonds. The average Bonchev–Trinajstić information content (AvgIpc) is 2.79. The van der Waals surface area contributed by atoms with E-state index in [1.54, 1.807) is 12.3 Å². The van der Waals surface area contributed by atoms with Gasteiger partial charge in [-0.1, -0.05) is 12.1 Å². The molecular formula is C14H14ClFO. The second kappa shape index (κ2) is 5.87. The zero-order chi connectivity index (χ0) is 12.1. The third-order valence-corrected chi connectivity index (χ3v) is 3.00. The summed E-state index contributed by atoms with van der Waals surface area (Å²) in [6.07, 6.45) is 3.98. The molecular weight excluding hydrogens is 239 g/mol. The van der Waals surface area contributed by atoms with Gasteiger partial charge in [0.25, 0.3) is 0 Å². The highest BCUT2D eigenvalue weighted by Gasteiger charge is 2.08. The normalized spacial score (nSPS) is 12.6. The number of benzene rings is 1. The summed E-state index contributed by atoms with van der Waals surface area (Å²) in [6, 6.07) is 10.4. The molecule has 0 fully saturated rings. The number of furan rings is 1. The standard InChI is InChI=1S/C14H14ClFO/c15-12(6-7-14-5-2-8-17-14)9-11-3-1-4-13(16)10-11/h1-5,8,10,12H,6-7,9H2. The molecule has 0 bridgehead atoms. The molecule has 0 saturated carbocycles. The highest BCUT2D eigenvalue weighted by atomic mass is 35.5. The van der Waals surface area contributed by atoms with Gasteiger partial charge in [-0.25, -0.2) is 4.39 Å². The number of aryl methyl sites for hydroxylation is 1. The summed E-state index contributed by atoms with van der Waals surface area (Å²) < 4.78 is 18.2. The van der Waals surface area contributed by atoms with Gasteiger partial charge in [0.05, 0.1) is 6.26 Å². The van der Waals surface area contributed by atoms with Crippen molar-refractivity contribution in [3.8, 4) is 0 Å². The van der Waals surface area contributed by atoms with Crippen LogP contribution in [-0.2, 0) is 12.8 Å². The Morgan fingerprint density at radius 1 is 1.24 bits per heavy atom. The second-order valence-electron chi connectivity index (χ2n) is 4.05. The van der Waals surface area contributed by atoms with Gasteiger partial charge < -0.3 is 4.42 Å². The third kappa shape index (κ3) is 3.90. The topological polar surface area (TPSA) is 13.1 Å². The van der Waals surface area contributed by atoms with E-state index in [0.717, 1.165) is 24.2 Å². The molecule has 0 aliphatic rings. The van der Waals surface area contributed by atoms with Crippen molar-refractivity contribution in [3.63, 3.8) is 0 Å². The molecule has 90 valence electrons. The molecule has 1 aromatic heterocycles. The Bertz CT molecular complexity index is 453. The SMILES string of the molecule is Fc1cccc(CC(Cl)CCc2ccco2)c1. The van der Waals surface area contributed by atoms with E-state index in [1.807, 2.05) is 18.2 Å². The van der Waals surface area contributed by atoms with Gasteiger partial charge in [0, 0.05) is 11.8 Å². The lowest BCUT2D eigenvalue weighted by atomic mass is 10.1. The molecule has 2 rings (SSSR count). The molecule has 1 unspecified atom stereocenters.